The highest BCUT2D eigenvalue weighted by Gasteiger charge is 2.30. The van der Waals surface area contributed by atoms with Crippen molar-refractivity contribution in [2.45, 2.75) is 51.6 Å². The van der Waals surface area contributed by atoms with Crippen molar-refractivity contribution in [2.75, 3.05) is 37.6 Å². The largest absolute Gasteiger partial charge is 0.457 e. The smallest absolute Gasteiger partial charge is 0.246 e. The Morgan fingerprint density at radius 1 is 0.559 bits per heavy atom. The summed E-state index contributed by atoms with van der Waals surface area (Å²) in [5.41, 5.74) is 17.0. The van der Waals surface area contributed by atoms with E-state index >= 15 is 0 Å². The Bertz CT molecular complexity index is 2810. The maximum absolute atomic E-state index is 12.2. The normalized spacial score (nSPS) is 15.6. The molecule has 0 spiro atoms. The number of likely N-dealkylation sites (tertiary alicyclic amines) is 2. The molecule has 2 saturated heterocycles. The first-order valence-corrected chi connectivity index (χ1v) is 22.7. The van der Waals surface area contributed by atoms with E-state index in [2.05, 4.69) is 33.1 Å². The summed E-state index contributed by atoms with van der Waals surface area (Å²) in [5, 5.41) is 11.2. The molecule has 0 saturated carbocycles. The van der Waals surface area contributed by atoms with Gasteiger partial charge in [0.2, 0.25) is 11.8 Å². The van der Waals surface area contributed by atoms with E-state index in [0.29, 0.717) is 71.3 Å². The molecule has 4 N–H and O–H groups in total. The molecule has 2 aliphatic rings. The number of nitrogen functional groups attached to an aromatic ring is 2. The van der Waals surface area contributed by atoms with Gasteiger partial charge in [-0.15, -0.1) is 0 Å². The average Bonchev–Trinajstić information content (AvgIpc) is 3.99. The number of rotatable bonds is 10. The van der Waals surface area contributed by atoms with Crippen LogP contribution in [0.4, 0.5) is 11.6 Å². The zero-order chi connectivity index (χ0) is 47.6. The molecule has 2 atom stereocenters. The highest BCUT2D eigenvalue weighted by Crippen LogP contribution is 2.37. The van der Waals surface area contributed by atoms with Gasteiger partial charge in [-0.2, -0.15) is 10.2 Å². The van der Waals surface area contributed by atoms with Crippen LogP contribution in [0.3, 0.4) is 0 Å². The van der Waals surface area contributed by atoms with E-state index in [0.717, 1.165) is 59.8 Å². The average molecular weight is 911 g/mol. The lowest BCUT2D eigenvalue weighted by atomic mass is 10.1. The quantitative estimate of drug-likeness (QED) is 0.123. The predicted octanol–water partition coefficient (Wildman–Crippen LogP) is 9.46. The number of para-hydroxylation sites is 2. The SMILES string of the molecule is C=CC(=O)N1CCC[C@@H](n2nc(-c3ccc(Oc4ccccc4)cc3)c3c(N)ncnc32)C1.C=CC(=O)N1CCC[C@@H](n2nc(-c3ccc(Oc4ccccc4)cc3)c3c(N)ncnc32)C1.CC. The molecule has 8 aromatic rings. The number of hydrogen-bond acceptors (Lipinski definition) is 12. The Morgan fingerprint density at radius 2 is 0.926 bits per heavy atom. The molecule has 6 heterocycles. The number of anilines is 2. The number of carbonyl (C=O) groups excluding carboxylic acids is 2. The van der Waals surface area contributed by atoms with Crippen LogP contribution in [0.2, 0.25) is 0 Å². The second kappa shape index (κ2) is 21.3. The molecule has 4 aromatic heterocycles. The summed E-state index contributed by atoms with van der Waals surface area (Å²) >= 11 is 0. The minimum Gasteiger partial charge on any atom is -0.457 e. The standard InChI is InChI=1S/2C25H24N6O2.C2H6/c2*1-2-21(32)30-14-6-7-18(15-30)31-25-22(24(26)27-16-28-25)23(29-31)17-10-12-20(13-11-17)33-19-8-4-3-5-9-19;1-2/h2*2-5,8-13,16,18H,1,6-7,14-15H2,(H2,26,27,28);1-2H3/t2*18-;/m11./s1. The Kier molecular flexibility index (Phi) is 14.4. The molecule has 0 radical (unpaired) electrons. The van der Waals surface area contributed by atoms with Gasteiger partial charge in [-0.05, 0) is 111 Å². The van der Waals surface area contributed by atoms with Gasteiger partial charge < -0.3 is 30.7 Å². The molecule has 0 aliphatic carbocycles. The van der Waals surface area contributed by atoms with Crippen LogP contribution in [-0.4, -0.2) is 87.3 Å². The van der Waals surface area contributed by atoms with Crippen molar-refractivity contribution < 1.29 is 19.1 Å². The molecule has 2 fully saturated rings. The summed E-state index contributed by atoms with van der Waals surface area (Å²) in [7, 11) is 0. The Hall–Kier alpha value is -8.40. The van der Waals surface area contributed by atoms with E-state index in [1.807, 2.05) is 132 Å². The number of nitrogens with two attached hydrogens (primary N) is 2. The lowest BCUT2D eigenvalue weighted by Crippen LogP contribution is -2.40. The fourth-order valence-corrected chi connectivity index (χ4v) is 8.48. The van der Waals surface area contributed by atoms with Crippen molar-refractivity contribution in [3.63, 3.8) is 0 Å². The fourth-order valence-electron chi connectivity index (χ4n) is 8.48. The summed E-state index contributed by atoms with van der Waals surface area (Å²) in [6.07, 6.45) is 9.16. The molecule has 16 heteroatoms. The van der Waals surface area contributed by atoms with Gasteiger partial charge >= 0.3 is 0 Å². The van der Waals surface area contributed by atoms with Gasteiger partial charge in [0, 0.05) is 37.3 Å². The van der Waals surface area contributed by atoms with Crippen molar-refractivity contribution in [2.24, 2.45) is 0 Å². The Balaban J connectivity index is 0.000000177. The number of fused-ring (bicyclic) bond motifs is 2. The Labute approximate surface area is 394 Å². The van der Waals surface area contributed by atoms with E-state index < -0.39 is 0 Å². The summed E-state index contributed by atoms with van der Waals surface area (Å²) in [5.74, 6) is 3.61. The van der Waals surface area contributed by atoms with Gasteiger partial charge in [0.15, 0.2) is 11.3 Å². The number of piperidine rings is 2. The van der Waals surface area contributed by atoms with E-state index in [4.69, 9.17) is 31.1 Å². The van der Waals surface area contributed by atoms with Crippen molar-refractivity contribution in [3.8, 4) is 45.5 Å². The predicted molar refractivity (Wildman–Crippen MR) is 265 cm³/mol. The zero-order valence-corrected chi connectivity index (χ0v) is 38.2. The minimum absolute atomic E-state index is 0.00566. The molecular weight excluding hydrogens is 857 g/mol. The van der Waals surface area contributed by atoms with Crippen LogP contribution in [0, 0.1) is 0 Å². The lowest BCUT2D eigenvalue weighted by molar-refractivity contribution is -0.128. The highest BCUT2D eigenvalue weighted by molar-refractivity contribution is 5.99. The van der Waals surface area contributed by atoms with Gasteiger partial charge in [0.1, 0.15) is 58.7 Å². The molecular formula is C52H54N12O4. The molecule has 346 valence electrons. The highest BCUT2D eigenvalue weighted by atomic mass is 16.5. The van der Waals surface area contributed by atoms with Crippen molar-refractivity contribution >= 4 is 45.5 Å². The van der Waals surface area contributed by atoms with Gasteiger partial charge in [0.05, 0.1) is 22.9 Å². The molecule has 16 nitrogen and oxygen atoms in total. The number of benzene rings is 4. The van der Waals surface area contributed by atoms with Gasteiger partial charge in [-0.3, -0.25) is 9.59 Å². The third kappa shape index (κ3) is 10.0. The maximum Gasteiger partial charge on any atom is 0.246 e. The molecule has 68 heavy (non-hydrogen) atoms. The number of nitrogens with zero attached hydrogens (tertiary/aromatic N) is 10. The number of carbonyl (C=O) groups is 2. The summed E-state index contributed by atoms with van der Waals surface area (Å²) < 4.78 is 15.6. The first-order chi connectivity index (χ1) is 33.3. The topological polar surface area (TPSA) is 198 Å². The maximum atomic E-state index is 12.2. The number of ether oxygens (including phenoxy) is 2. The van der Waals surface area contributed by atoms with E-state index in [1.165, 1.54) is 24.8 Å². The van der Waals surface area contributed by atoms with Crippen molar-refractivity contribution in [3.05, 3.63) is 147 Å². The van der Waals surface area contributed by atoms with Gasteiger partial charge in [-0.1, -0.05) is 63.4 Å². The summed E-state index contributed by atoms with van der Waals surface area (Å²) in [4.78, 5) is 45.3. The van der Waals surface area contributed by atoms with Gasteiger partial charge in [0.25, 0.3) is 0 Å². The van der Waals surface area contributed by atoms with E-state index in [1.54, 1.807) is 9.80 Å². The third-order valence-electron chi connectivity index (χ3n) is 11.7. The first-order valence-electron chi connectivity index (χ1n) is 22.7. The molecule has 2 amide bonds. The lowest BCUT2D eigenvalue weighted by Gasteiger charge is -2.32. The van der Waals surface area contributed by atoms with Crippen LogP contribution in [0.5, 0.6) is 23.0 Å². The Morgan fingerprint density at radius 3 is 1.29 bits per heavy atom. The zero-order valence-electron chi connectivity index (χ0n) is 38.2. The fraction of sp³-hybridized carbons (Fsp3) is 0.231. The minimum atomic E-state index is -0.0699. The van der Waals surface area contributed by atoms with Crippen LogP contribution in [0.1, 0.15) is 51.6 Å². The van der Waals surface area contributed by atoms with Crippen molar-refractivity contribution in [1.82, 2.24) is 49.3 Å². The van der Waals surface area contributed by atoms with E-state index in [-0.39, 0.29) is 23.9 Å². The number of amides is 2. The number of aromatic nitrogens is 8. The van der Waals surface area contributed by atoms with E-state index in [9.17, 15) is 9.59 Å². The molecule has 4 aromatic carbocycles. The van der Waals surface area contributed by atoms with Gasteiger partial charge in [-0.25, -0.2) is 29.3 Å². The van der Waals surface area contributed by atoms with Crippen LogP contribution in [-0.2, 0) is 9.59 Å². The van der Waals surface area contributed by atoms with Crippen LogP contribution in [0.25, 0.3) is 44.6 Å². The third-order valence-corrected chi connectivity index (χ3v) is 11.7. The second-order valence-electron chi connectivity index (χ2n) is 15.9. The van der Waals surface area contributed by atoms with Crippen LogP contribution >= 0.6 is 0 Å². The van der Waals surface area contributed by atoms with Crippen LogP contribution < -0.4 is 20.9 Å². The molecule has 0 bridgehead atoms. The molecule has 2 aliphatic heterocycles. The van der Waals surface area contributed by atoms with Crippen molar-refractivity contribution in [1.29, 1.82) is 0 Å². The second-order valence-corrected chi connectivity index (χ2v) is 15.9. The molecule has 0 unspecified atom stereocenters. The first kappa shape index (κ1) is 46.1. The summed E-state index contributed by atoms with van der Waals surface area (Å²) in [6, 6.07) is 34.6. The molecule has 10 rings (SSSR count). The number of hydrogen-bond donors (Lipinski definition) is 2. The monoisotopic (exact) mass is 910 g/mol. The summed E-state index contributed by atoms with van der Waals surface area (Å²) in [6.45, 7) is 13.8. The van der Waals surface area contributed by atoms with Crippen LogP contribution in [0.15, 0.2) is 147 Å².